The first-order valence-electron chi connectivity index (χ1n) is 8.26. The highest BCUT2D eigenvalue weighted by atomic mass is 32.2. The van der Waals surface area contributed by atoms with Crippen molar-refractivity contribution >= 4 is 15.7 Å². The van der Waals surface area contributed by atoms with Crippen molar-refractivity contribution in [1.82, 2.24) is 9.80 Å². The summed E-state index contributed by atoms with van der Waals surface area (Å²) in [6.45, 7) is 5.41. The molecule has 1 unspecified atom stereocenters. The quantitative estimate of drug-likeness (QED) is 0.836. The second-order valence-corrected chi connectivity index (χ2v) is 8.94. The van der Waals surface area contributed by atoms with Gasteiger partial charge in [-0.3, -0.25) is 9.69 Å². The van der Waals surface area contributed by atoms with Crippen LogP contribution in [0.15, 0.2) is 24.3 Å². The highest BCUT2D eigenvalue weighted by Crippen LogP contribution is 2.21. The molecule has 2 saturated heterocycles. The van der Waals surface area contributed by atoms with E-state index in [1.807, 2.05) is 36.1 Å². The maximum atomic E-state index is 12.6. The van der Waals surface area contributed by atoms with Crippen LogP contribution in [-0.2, 0) is 9.84 Å². The molecule has 0 aliphatic carbocycles. The van der Waals surface area contributed by atoms with Gasteiger partial charge >= 0.3 is 0 Å². The van der Waals surface area contributed by atoms with Gasteiger partial charge in [-0.1, -0.05) is 18.2 Å². The molecule has 0 saturated carbocycles. The molecular weight excluding hydrogens is 312 g/mol. The highest BCUT2D eigenvalue weighted by Gasteiger charge is 2.33. The molecule has 0 radical (unpaired) electrons. The number of piperazine rings is 1. The largest absolute Gasteiger partial charge is 0.336 e. The summed E-state index contributed by atoms with van der Waals surface area (Å²) in [4.78, 5) is 16.7. The van der Waals surface area contributed by atoms with Crippen molar-refractivity contribution < 1.29 is 13.2 Å². The topological polar surface area (TPSA) is 57.7 Å². The van der Waals surface area contributed by atoms with Gasteiger partial charge in [0.1, 0.15) is 0 Å². The van der Waals surface area contributed by atoms with E-state index in [0.29, 0.717) is 25.4 Å². The first kappa shape index (κ1) is 16.5. The first-order valence-corrected chi connectivity index (χ1v) is 9.98. The number of sulfone groups is 1. The van der Waals surface area contributed by atoms with Crippen LogP contribution >= 0.6 is 0 Å². The molecule has 1 aromatic carbocycles. The Morgan fingerprint density at radius 2 is 1.87 bits per heavy atom. The number of amides is 1. The first-order chi connectivity index (χ1) is 11.0. The summed E-state index contributed by atoms with van der Waals surface area (Å²) in [6, 6.07) is 7.65. The molecule has 23 heavy (non-hydrogen) atoms. The smallest absolute Gasteiger partial charge is 0.254 e. The number of carbonyl (C=O) groups excluding carboxylic acids is 1. The number of rotatable bonds is 3. The predicted molar refractivity (Wildman–Crippen MR) is 90.3 cm³/mol. The Morgan fingerprint density at radius 3 is 2.48 bits per heavy atom. The third-order valence-electron chi connectivity index (χ3n) is 4.96. The van der Waals surface area contributed by atoms with Gasteiger partial charge in [-0.15, -0.1) is 0 Å². The van der Waals surface area contributed by atoms with Crippen LogP contribution in [0.1, 0.15) is 28.8 Å². The van der Waals surface area contributed by atoms with Crippen LogP contribution in [0.25, 0.3) is 0 Å². The van der Waals surface area contributed by atoms with Crippen LogP contribution in [0.2, 0.25) is 0 Å². The Labute approximate surface area is 138 Å². The molecule has 5 nitrogen and oxygen atoms in total. The molecular formula is C17H24N2O3S. The Bertz CT molecular complexity index is 679. The number of nitrogens with zero attached hydrogens (tertiary/aromatic N) is 2. The minimum Gasteiger partial charge on any atom is -0.336 e. The second kappa shape index (κ2) is 6.61. The van der Waals surface area contributed by atoms with E-state index in [4.69, 9.17) is 0 Å². The van der Waals surface area contributed by atoms with E-state index in [1.165, 1.54) is 0 Å². The molecule has 2 fully saturated rings. The van der Waals surface area contributed by atoms with E-state index in [-0.39, 0.29) is 11.2 Å². The number of aryl methyl sites for hydroxylation is 1. The molecule has 1 amide bonds. The summed E-state index contributed by atoms with van der Waals surface area (Å²) in [7, 11) is -2.89. The zero-order chi connectivity index (χ0) is 16.4. The maximum Gasteiger partial charge on any atom is 0.254 e. The summed E-state index contributed by atoms with van der Waals surface area (Å²) in [5.74, 6) is 0.417. The molecule has 3 rings (SSSR count). The molecule has 0 aromatic heterocycles. The number of hydrogen-bond donors (Lipinski definition) is 0. The summed E-state index contributed by atoms with van der Waals surface area (Å²) < 4.78 is 23.9. The van der Waals surface area contributed by atoms with Crippen molar-refractivity contribution in [2.75, 3.05) is 38.5 Å². The molecule has 0 spiro atoms. The molecule has 2 aliphatic heterocycles. The highest BCUT2D eigenvalue weighted by molar-refractivity contribution is 7.92. The van der Waals surface area contributed by atoms with Crippen molar-refractivity contribution in [2.45, 2.75) is 25.0 Å². The summed E-state index contributed by atoms with van der Waals surface area (Å²) in [6.07, 6.45) is 1.57. The standard InChI is InChI=1S/C17H24N2O3S/c1-14-5-2-3-7-16(14)17(20)19-10-8-18(9-11-19)13-15-6-4-12-23(15,21)22/h2-3,5,7,15H,4,6,8-13H2,1H3. The van der Waals surface area contributed by atoms with Crippen LogP contribution in [0.4, 0.5) is 0 Å². The van der Waals surface area contributed by atoms with Crippen LogP contribution < -0.4 is 0 Å². The minimum atomic E-state index is -2.89. The SMILES string of the molecule is Cc1ccccc1C(=O)N1CCN(CC2CCCS2(=O)=O)CC1. The van der Waals surface area contributed by atoms with Gasteiger partial charge in [0.25, 0.3) is 5.91 Å². The average molecular weight is 336 g/mol. The monoisotopic (exact) mass is 336 g/mol. The fourth-order valence-corrected chi connectivity index (χ4v) is 5.33. The number of hydrogen-bond acceptors (Lipinski definition) is 4. The van der Waals surface area contributed by atoms with Gasteiger partial charge < -0.3 is 4.90 Å². The molecule has 126 valence electrons. The van der Waals surface area contributed by atoms with Gasteiger partial charge in [-0.2, -0.15) is 0 Å². The third kappa shape index (κ3) is 3.58. The van der Waals surface area contributed by atoms with Crippen LogP contribution in [0, 0.1) is 6.92 Å². The maximum absolute atomic E-state index is 12.6. The minimum absolute atomic E-state index is 0.0798. The fraction of sp³-hybridized carbons (Fsp3) is 0.588. The molecule has 1 atom stereocenters. The molecule has 2 heterocycles. The summed E-state index contributed by atoms with van der Waals surface area (Å²) in [5.41, 5.74) is 1.76. The van der Waals surface area contributed by atoms with Gasteiger partial charge in [0, 0.05) is 38.3 Å². The molecule has 2 aliphatic rings. The van der Waals surface area contributed by atoms with Crippen molar-refractivity contribution in [3.05, 3.63) is 35.4 Å². The van der Waals surface area contributed by atoms with Gasteiger partial charge in [0.2, 0.25) is 0 Å². The van der Waals surface area contributed by atoms with E-state index in [0.717, 1.165) is 37.1 Å². The van der Waals surface area contributed by atoms with Gasteiger partial charge in [0.05, 0.1) is 11.0 Å². The van der Waals surface area contributed by atoms with E-state index in [9.17, 15) is 13.2 Å². The Morgan fingerprint density at radius 1 is 1.17 bits per heavy atom. The van der Waals surface area contributed by atoms with Crippen LogP contribution in [-0.4, -0.2) is 67.9 Å². The molecule has 0 N–H and O–H groups in total. The lowest BCUT2D eigenvalue weighted by atomic mass is 10.1. The van der Waals surface area contributed by atoms with E-state index < -0.39 is 9.84 Å². The van der Waals surface area contributed by atoms with E-state index in [1.54, 1.807) is 0 Å². The predicted octanol–water partition coefficient (Wildman–Crippen LogP) is 1.33. The summed E-state index contributed by atoms with van der Waals surface area (Å²) in [5, 5.41) is -0.207. The van der Waals surface area contributed by atoms with Crippen molar-refractivity contribution in [3.8, 4) is 0 Å². The van der Waals surface area contributed by atoms with E-state index >= 15 is 0 Å². The molecule has 0 bridgehead atoms. The number of benzene rings is 1. The zero-order valence-corrected chi connectivity index (χ0v) is 14.4. The van der Waals surface area contributed by atoms with Crippen LogP contribution in [0.5, 0.6) is 0 Å². The van der Waals surface area contributed by atoms with Crippen molar-refractivity contribution in [3.63, 3.8) is 0 Å². The average Bonchev–Trinajstić information content (AvgIpc) is 2.86. The summed E-state index contributed by atoms with van der Waals surface area (Å²) >= 11 is 0. The fourth-order valence-electron chi connectivity index (χ4n) is 3.47. The zero-order valence-electron chi connectivity index (χ0n) is 13.6. The van der Waals surface area contributed by atoms with Crippen molar-refractivity contribution in [1.29, 1.82) is 0 Å². The second-order valence-electron chi connectivity index (χ2n) is 6.54. The third-order valence-corrected chi connectivity index (χ3v) is 7.22. The Balaban J connectivity index is 1.56. The molecule has 1 aromatic rings. The van der Waals surface area contributed by atoms with Gasteiger partial charge in [-0.05, 0) is 31.4 Å². The van der Waals surface area contributed by atoms with Gasteiger partial charge in [-0.25, -0.2) is 8.42 Å². The lowest BCUT2D eigenvalue weighted by Crippen LogP contribution is -2.50. The Kier molecular flexibility index (Phi) is 4.73. The molecule has 6 heteroatoms. The Hall–Kier alpha value is -1.40. The lowest BCUT2D eigenvalue weighted by Gasteiger charge is -2.36. The lowest BCUT2D eigenvalue weighted by molar-refractivity contribution is 0.0636. The normalized spacial score (nSPS) is 24.7. The van der Waals surface area contributed by atoms with E-state index in [2.05, 4.69) is 4.90 Å². The van der Waals surface area contributed by atoms with Crippen molar-refractivity contribution in [2.24, 2.45) is 0 Å². The number of carbonyl (C=O) groups is 1. The van der Waals surface area contributed by atoms with Gasteiger partial charge in [0.15, 0.2) is 9.84 Å². The van der Waals surface area contributed by atoms with Crippen LogP contribution in [0.3, 0.4) is 0 Å².